The standard InChI is InChI=1S/C33H38O9/c1-33(2)41-27-15-9-13-23-18-24(37-4)19-28(38-20-36-3)29(23)32(35)39-25-14-8-12-21(25)16-17-26(30(27)42-33)40-31(34)22-10-6-5-7-11-22/h5-7,9-11,13,16-19,21,25-27,30H,8,12,14-15,20H2,1-4H3/b13-9?,17-16-/t21-,25-,26?,27-,30+/m0/s1. The third kappa shape index (κ3) is 6.86. The third-order valence-corrected chi connectivity index (χ3v) is 7.65. The number of hydrogen-bond donors (Lipinski definition) is 0. The zero-order valence-corrected chi connectivity index (χ0v) is 24.4. The van der Waals surface area contributed by atoms with Crippen molar-refractivity contribution in [1.29, 1.82) is 0 Å². The molecule has 0 N–H and O–H groups in total. The van der Waals surface area contributed by atoms with Crippen molar-refractivity contribution in [3.8, 4) is 11.5 Å². The molecule has 5 rings (SSSR count). The van der Waals surface area contributed by atoms with E-state index in [0.29, 0.717) is 41.0 Å². The Labute approximate surface area is 246 Å². The van der Waals surface area contributed by atoms with E-state index in [1.54, 1.807) is 43.5 Å². The van der Waals surface area contributed by atoms with Crippen LogP contribution in [-0.4, -0.2) is 63.2 Å². The highest BCUT2D eigenvalue weighted by Gasteiger charge is 2.46. The van der Waals surface area contributed by atoms with Gasteiger partial charge >= 0.3 is 11.9 Å². The maximum absolute atomic E-state index is 13.7. The summed E-state index contributed by atoms with van der Waals surface area (Å²) in [6, 6.07) is 12.3. The summed E-state index contributed by atoms with van der Waals surface area (Å²) in [5, 5.41) is 0. The monoisotopic (exact) mass is 578 g/mol. The van der Waals surface area contributed by atoms with Crippen LogP contribution in [0.25, 0.3) is 6.08 Å². The maximum atomic E-state index is 13.7. The van der Waals surface area contributed by atoms with Crippen LogP contribution in [0.3, 0.4) is 0 Å². The van der Waals surface area contributed by atoms with Crippen LogP contribution in [0.5, 0.6) is 11.5 Å². The molecule has 9 nitrogen and oxygen atoms in total. The molecular weight excluding hydrogens is 540 g/mol. The predicted octanol–water partition coefficient (Wildman–Crippen LogP) is 5.72. The zero-order chi connectivity index (χ0) is 29.7. The first-order valence-corrected chi connectivity index (χ1v) is 14.3. The van der Waals surface area contributed by atoms with Crippen molar-refractivity contribution in [1.82, 2.24) is 0 Å². The second-order valence-corrected chi connectivity index (χ2v) is 11.1. The molecule has 2 aliphatic heterocycles. The van der Waals surface area contributed by atoms with Gasteiger partial charge in [0.25, 0.3) is 0 Å². The van der Waals surface area contributed by atoms with Crippen LogP contribution >= 0.6 is 0 Å². The number of fused-ring (bicyclic) bond motifs is 3. The van der Waals surface area contributed by atoms with Crippen LogP contribution in [0.15, 0.2) is 60.7 Å². The lowest BCUT2D eigenvalue weighted by Crippen LogP contribution is -2.37. The molecule has 1 saturated carbocycles. The molecule has 0 radical (unpaired) electrons. The molecule has 1 unspecified atom stereocenters. The Morgan fingerprint density at radius 2 is 1.83 bits per heavy atom. The Balaban J connectivity index is 1.54. The van der Waals surface area contributed by atoms with Gasteiger partial charge in [-0.25, -0.2) is 9.59 Å². The van der Waals surface area contributed by atoms with Gasteiger partial charge in [0.1, 0.15) is 35.4 Å². The van der Waals surface area contributed by atoms with Crippen LogP contribution in [0.1, 0.15) is 65.8 Å². The summed E-state index contributed by atoms with van der Waals surface area (Å²) < 4.78 is 41.2. The first-order chi connectivity index (χ1) is 20.3. The minimum atomic E-state index is -0.889. The molecule has 2 aromatic rings. The molecule has 2 aromatic carbocycles. The minimum Gasteiger partial charge on any atom is -0.497 e. The Kier molecular flexibility index (Phi) is 9.30. The van der Waals surface area contributed by atoms with E-state index in [2.05, 4.69) is 0 Å². The minimum absolute atomic E-state index is 0.0432. The van der Waals surface area contributed by atoms with Crippen molar-refractivity contribution in [2.45, 2.75) is 69.7 Å². The van der Waals surface area contributed by atoms with E-state index in [4.69, 9.17) is 33.2 Å². The number of hydrogen-bond acceptors (Lipinski definition) is 9. The molecule has 9 heteroatoms. The van der Waals surface area contributed by atoms with E-state index in [0.717, 1.165) is 12.8 Å². The topological polar surface area (TPSA) is 98.8 Å². The number of rotatable bonds is 6. The highest BCUT2D eigenvalue weighted by atomic mass is 16.8. The average Bonchev–Trinajstić information content (AvgIpc) is 3.55. The zero-order valence-electron chi connectivity index (χ0n) is 24.4. The van der Waals surface area contributed by atoms with E-state index >= 15 is 0 Å². The van der Waals surface area contributed by atoms with E-state index in [-0.39, 0.29) is 18.8 Å². The van der Waals surface area contributed by atoms with Crippen molar-refractivity contribution in [3.05, 3.63) is 77.4 Å². The second kappa shape index (κ2) is 13.1. The van der Waals surface area contributed by atoms with Gasteiger partial charge in [-0.15, -0.1) is 0 Å². The number of ether oxygens (including phenoxy) is 7. The Hall–Kier alpha value is -3.66. The van der Waals surface area contributed by atoms with Gasteiger partial charge in [-0.3, -0.25) is 0 Å². The molecule has 224 valence electrons. The highest BCUT2D eigenvalue weighted by molar-refractivity contribution is 5.97. The molecule has 0 spiro atoms. The quantitative estimate of drug-likeness (QED) is 0.242. The first-order valence-electron chi connectivity index (χ1n) is 14.3. The maximum Gasteiger partial charge on any atom is 0.342 e. The van der Waals surface area contributed by atoms with Crippen molar-refractivity contribution in [2.75, 3.05) is 21.0 Å². The van der Waals surface area contributed by atoms with E-state index in [9.17, 15) is 9.59 Å². The van der Waals surface area contributed by atoms with E-state index in [1.165, 1.54) is 7.11 Å². The van der Waals surface area contributed by atoms with Gasteiger partial charge in [0, 0.05) is 19.1 Å². The SMILES string of the molecule is COCOc1cc(OC)cc2c1C(=O)O[C@H]1CCC[C@H]1/C=C\C(OC(=O)c1ccccc1)[C@H]1OC(C)(C)O[C@H]1CC=C2. The fourth-order valence-corrected chi connectivity index (χ4v) is 5.72. The molecule has 0 bridgehead atoms. The lowest BCUT2D eigenvalue weighted by Gasteiger charge is -2.25. The molecule has 1 aliphatic carbocycles. The Morgan fingerprint density at radius 3 is 2.60 bits per heavy atom. The summed E-state index contributed by atoms with van der Waals surface area (Å²) in [5.74, 6) is -1.06. The molecule has 0 aromatic heterocycles. The smallest absolute Gasteiger partial charge is 0.342 e. The fraction of sp³-hybridized carbons (Fsp3) is 0.455. The summed E-state index contributed by atoms with van der Waals surface area (Å²) in [6.45, 7) is 3.64. The van der Waals surface area contributed by atoms with Crippen LogP contribution < -0.4 is 9.47 Å². The highest BCUT2D eigenvalue weighted by Crippen LogP contribution is 2.37. The largest absolute Gasteiger partial charge is 0.497 e. The molecule has 3 aliphatic rings. The number of methoxy groups -OCH3 is 2. The molecule has 5 atom stereocenters. The summed E-state index contributed by atoms with van der Waals surface area (Å²) in [4.78, 5) is 26.8. The number of carbonyl (C=O) groups is 2. The fourth-order valence-electron chi connectivity index (χ4n) is 5.72. The van der Waals surface area contributed by atoms with Crippen molar-refractivity contribution >= 4 is 18.0 Å². The van der Waals surface area contributed by atoms with E-state index < -0.39 is 36.0 Å². The molecule has 0 amide bonds. The van der Waals surface area contributed by atoms with Crippen LogP contribution in [0, 0.1) is 5.92 Å². The number of esters is 2. The van der Waals surface area contributed by atoms with Crippen molar-refractivity contribution in [2.24, 2.45) is 5.92 Å². The summed E-state index contributed by atoms with van der Waals surface area (Å²) in [5.41, 5.74) is 1.32. The molecular formula is C33H38O9. The van der Waals surface area contributed by atoms with Gasteiger partial charge in [-0.1, -0.05) is 36.4 Å². The van der Waals surface area contributed by atoms with Gasteiger partial charge < -0.3 is 33.2 Å². The third-order valence-electron chi connectivity index (χ3n) is 7.65. The van der Waals surface area contributed by atoms with Gasteiger partial charge in [0.05, 0.1) is 18.8 Å². The van der Waals surface area contributed by atoms with Gasteiger partial charge in [0.15, 0.2) is 12.6 Å². The van der Waals surface area contributed by atoms with Crippen LogP contribution in [-0.2, 0) is 23.7 Å². The van der Waals surface area contributed by atoms with Gasteiger partial charge in [-0.05, 0) is 69.4 Å². The number of benzene rings is 2. The Morgan fingerprint density at radius 1 is 1.02 bits per heavy atom. The molecule has 2 fully saturated rings. The van der Waals surface area contributed by atoms with Gasteiger partial charge in [0.2, 0.25) is 0 Å². The molecule has 2 heterocycles. The van der Waals surface area contributed by atoms with Crippen LogP contribution in [0.4, 0.5) is 0 Å². The van der Waals surface area contributed by atoms with Crippen molar-refractivity contribution in [3.63, 3.8) is 0 Å². The van der Waals surface area contributed by atoms with E-state index in [1.807, 2.05) is 44.2 Å². The lowest BCUT2D eigenvalue weighted by molar-refractivity contribution is -0.152. The molecule has 42 heavy (non-hydrogen) atoms. The first kappa shape index (κ1) is 29.8. The summed E-state index contributed by atoms with van der Waals surface area (Å²) >= 11 is 0. The average molecular weight is 579 g/mol. The van der Waals surface area contributed by atoms with Gasteiger partial charge in [-0.2, -0.15) is 0 Å². The summed E-state index contributed by atoms with van der Waals surface area (Å²) in [7, 11) is 3.06. The molecule has 1 saturated heterocycles. The predicted molar refractivity (Wildman–Crippen MR) is 154 cm³/mol. The lowest BCUT2D eigenvalue weighted by atomic mass is 9.98. The Bertz CT molecular complexity index is 1320. The number of carbonyl (C=O) groups excluding carboxylic acids is 2. The summed E-state index contributed by atoms with van der Waals surface area (Å²) in [6.07, 6.45) is 8.35. The second-order valence-electron chi connectivity index (χ2n) is 11.1. The van der Waals surface area contributed by atoms with Crippen molar-refractivity contribution < 1.29 is 42.7 Å². The normalized spacial score (nSPS) is 27.5. The van der Waals surface area contributed by atoms with Crippen LogP contribution in [0.2, 0.25) is 0 Å².